The Hall–Kier alpha value is -1.34. The lowest BCUT2D eigenvalue weighted by atomic mass is 9.97. The number of likely N-dealkylation sites (tertiary alicyclic amines) is 2. The van der Waals surface area contributed by atoms with Crippen molar-refractivity contribution >= 4 is 30.1 Å². The van der Waals surface area contributed by atoms with E-state index in [0.29, 0.717) is 39.1 Å². The standard InChI is InChI=1S/C17H30N4O3.ClH/c18-8-9-19-17(24)14-6-5-11-20(12-14)16(23)13-21-10-4-2-1-3-7-15(21)22;/h14H,1-13,18H2,(H,19,24);1H. The van der Waals surface area contributed by atoms with E-state index in [2.05, 4.69) is 5.32 Å². The van der Waals surface area contributed by atoms with Gasteiger partial charge in [-0.2, -0.15) is 0 Å². The van der Waals surface area contributed by atoms with Gasteiger partial charge in [0.1, 0.15) is 0 Å². The molecule has 0 aromatic heterocycles. The lowest BCUT2D eigenvalue weighted by Gasteiger charge is -2.34. The van der Waals surface area contributed by atoms with Gasteiger partial charge in [0.15, 0.2) is 0 Å². The maximum absolute atomic E-state index is 12.6. The summed E-state index contributed by atoms with van der Waals surface area (Å²) in [6.45, 7) is 2.80. The molecule has 1 unspecified atom stereocenters. The van der Waals surface area contributed by atoms with Crippen molar-refractivity contribution in [3.05, 3.63) is 0 Å². The summed E-state index contributed by atoms with van der Waals surface area (Å²) in [5, 5.41) is 2.80. The number of hydrogen-bond acceptors (Lipinski definition) is 4. The second-order valence-electron chi connectivity index (χ2n) is 6.74. The molecule has 3 amide bonds. The van der Waals surface area contributed by atoms with Crippen molar-refractivity contribution in [3.8, 4) is 0 Å². The quantitative estimate of drug-likeness (QED) is 0.733. The Labute approximate surface area is 156 Å². The molecule has 2 heterocycles. The molecule has 0 saturated carbocycles. The van der Waals surface area contributed by atoms with Crippen molar-refractivity contribution in [1.82, 2.24) is 15.1 Å². The van der Waals surface area contributed by atoms with Crippen LogP contribution in [0, 0.1) is 5.92 Å². The Bertz CT molecular complexity index is 461. The Morgan fingerprint density at radius 2 is 1.88 bits per heavy atom. The molecule has 0 aliphatic carbocycles. The number of hydrogen-bond donors (Lipinski definition) is 2. The van der Waals surface area contributed by atoms with Crippen LogP contribution in [-0.2, 0) is 14.4 Å². The fourth-order valence-electron chi connectivity index (χ4n) is 3.40. The van der Waals surface area contributed by atoms with E-state index in [1.807, 2.05) is 0 Å². The molecule has 0 aromatic rings. The van der Waals surface area contributed by atoms with Gasteiger partial charge in [0.25, 0.3) is 0 Å². The summed E-state index contributed by atoms with van der Waals surface area (Å²) < 4.78 is 0. The number of piperidine rings is 1. The highest BCUT2D eigenvalue weighted by molar-refractivity contribution is 5.86. The van der Waals surface area contributed by atoms with Crippen molar-refractivity contribution in [3.63, 3.8) is 0 Å². The Kier molecular flexibility index (Phi) is 9.82. The van der Waals surface area contributed by atoms with E-state index in [0.717, 1.165) is 38.5 Å². The first-order chi connectivity index (χ1) is 11.6. The fraction of sp³-hybridized carbons (Fsp3) is 0.824. The summed E-state index contributed by atoms with van der Waals surface area (Å²) in [5.41, 5.74) is 5.41. The van der Waals surface area contributed by atoms with E-state index in [1.165, 1.54) is 0 Å². The van der Waals surface area contributed by atoms with Gasteiger partial charge in [0, 0.05) is 39.1 Å². The normalized spacial score (nSPS) is 21.8. The lowest BCUT2D eigenvalue weighted by Crippen LogP contribution is -2.49. The molecule has 2 fully saturated rings. The van der Waals surface area contributed by atoms with Crippen molar-refractivity contribution in [2.45, 2.75) is 44.9 Å². The maximum Gasteiger partial charge on any atom is 0.242 e. The minimum Gasteiger partial charge on any atom is -0.355 e. The summed E-state index contributed by atoms with van der Waals surface area (Å²) in [6.07, 6.45) is 6.24. The number of carbonyl (C=O) groups excluding carboxylic acids is 3. The highest BCUT2D eigenvalue weighted by Crippen LogP contribution is 2.18. The zero-order valence-corrected chi connectivity index (χ0v) is 15.7. The van der Waals surface area contributed by atoms with Crippen LogP contribution in [0.3, 0.4) is 0 Å². The van der Waals surface area contributed by atoms with Crippen LogP contribution in [0.2, 0.25) is 0 Å². The smallest absolute Gasteiger partial charge is 0.242 e. The monoisotopic (exact) mass is 374 g/mol. The first kappa shape index (κ1) is 21.7. The topological polar surface area (TPSA) is 95.7 Å². The second kappa shape index (κ2) is 11.3. The Morgan fingerprint density at radius 1 is 1.12 bits per heavy atom. The van der Waals surface area contributed by atoms with Gasteiger partial charge in [0.05, 0.1) is 12.5 Å². The van der Waals surface area contributed by atoms with E-state index in [4.69, 9.17) is 5.73 Å². The number of nitrogens with two attached hydrogens (primary N) is 1. The molecule has 144 valence electrons. The molecule has 2 saturated heterocycles. The summed E-state index contributed by atoms with van der Waals surface area (Å²) >= 11 is 0. The molecule has 7 nitrogen and oxygen atoms in total. The third kappa shape index (κ3) is 6.82. The van der Waals surface area contributed by atoms with Crippen LogP contribution in [0.15, 0.2) is 0 Å². The highest BCUT2D eigenvalue weighted by Gasteiger charge is 2.29. The molecular formula is C17H31ClN4O3. The van der Waals surface area contributed by atoms with Gasteiger partial charge < -0.3 is 20.9 Å². The van der Waals surface area contributed by atoms with Crippen molar-refractivity contribution in [2.24, 2.45) is 11.7 Å². The second-order valence-corrected chi connectivity index (χ2v) is 6.74. The van der Waals surface area contributed by atoms with Gasteiger partial charge in [-0.1, -0.05) is 12.8 Å². The lowest BCUT2D eigenvalue weighted by molar-refractivity contribution is -0.143. The molecule has 8 heteroatoms. The molecule has 2 rings (SSSR count). The third-order valence-electron chi connectivity index (χ3n) is 4.84. The molecule has 0 aromatic carbocycles. The molecule has 2 aliphatic heterocycles. The van der Waals surface area contributed by atoms with E-state index in [9.17, 15) is 14.4 Å². The number of halogens is 1. The molecular weight excluding hydrogens is 344 g/mol. The van der Waals surface area contributed by atoms with Gasteiger partial charge in [-0.3, -0.25) is 14.4 Å². The molecule has 0 spiro atoms. The first-order valence-electron chi connectivity index (χ1n) is 9.15. The minimum atomic E-state index is -0.169. The van der Waals surface area contributed by atoms with Gasteiger partial charge in [-0.15, -0.1) is 12.4 Å². The SMILES string of the molecule is Cl.NCCNC(=O)C1CCCN(C(=O)CN2CCCCCCC2=O)C1. The van der Waals surface area contributed by atoms with Crippen molar-refractivity contribution in [2.75, 3.05) is 39.3 Å². The Balaban J connectivity index is 0.00000312. The van der Waals surface area contributed by atoms with Crippen LogP contribution in [0.1, 0.15) is 44.9 Å². The largest absolute Gasteiger partial charge is 0.355 e. The minimum absolute atomic E-state index is 0. The molecule has 0 radical (unpaired) electrons. The van der Waals surface area contributed by atoms with E-state index >= 15 is 0 Å². The molecule has 3 N–H and O–H groups in total. The van der Waals surface area contributed by atoms with E-state index in [-0.39, 0.29) is 42.6 Å². The maximum atomic E-state index is 12.6. The molecule has 25 heavy (non-hydrogen) atoms. The highest BCUT2D eigenvalue weighted by atomic mass is 35.5. The zero-order chi connectivity index (χ0) is 17.4. The summed E-state index contributed by atoms with van der Waals surface area (Å²) in [5.74, 6) is -0.157. The fourth-order valence-corrected chi connectivity index (χ4v) is 3.40. The van der Waals surface area contributed by atoms with Gasteiger partial charge >= 0.3 is 0 Å². The van der Waals surface area contributed by atoms with Gasteiger partial charge in [-0.25, -0.2) is 0 Å². The predicted octanol–water partition coefficient (Wildman–Crippen LogP) is 0.514. The first-order valence-corrected chi connectivity index (χ1v) is 9.15. The van der Waals surface area contributed by atoms with Gasteiger partial charge in [0.2, 0.25) is 17.7 Å². The van der Waals surface area contributed by atoms with Crippen LogP contribution in [0.5, 0.6) is 0 Å². The van der Waals surface area contributed by atoms with Crippen molar-refractivity contribution in [1.29, 1.82) is 0 Å². The molecule has 1 atom stereocenters. The van der Waals surface area contributed by atoms with Crippen LogP contribution in [-0.4, -0.2) is 66.8 Å². The van der Waals surface area contributed by atoms with Gasteiger partial charge in [-0.05, 0) is 25.7 Å². The zero-order valence-electron chi connectivity index (χ0n) is 14.9. The third-order valence-corrected chi connectivity index (χ3v) is 4.84. The van der Waals surface area contributed by atoms with E-state index < -0.39 is 0 Å². The van der Waals surface area contributed by atoms with Crippen LogP contribution in [0.25, 0.3) is 0 Å². The van der Waals surface area contributed by atoms with Crippen LogP contribution >= 0.6 is 12.4 Å². The Morgan fingerprint density at radius 3 is 2.64 bits per heavy atom. The summed E-state index contributed by atoms with van der Waals surface area (Å²) in [7, 11) is 0. The summed E-state index contributed by atoms with van der Waals surface area (Å²) in [4.78, 5) is 40.2. The number of nitrogens with zero attached hydrogens (tertiary/aromatic N) is 2. The summed E-state index contributed by atoms with van der Waals surface area (Å²) in [6, 6.07) is 0. The molecule has 0 bridgehead atoms. The number of nitrogens with one attached hydrogen (secondary N) is 1. The average Bonchev–Trinajstić information content (AvgIpc) is 2.59. The van der Waals surface area contributed by atoms with Crippen LogP contribution < -0.4 is 11.1 Å². The predicted molar refractivity (Wildman–Crippen MR) is 98.3 cm³/mol. The number of rotatable bonds is 5. The number of amides is 3. The van der Waals surface area contributed by atoms with E-state index in [1.54, 1.807) is 9.80 Å². The number of carbonyl (C=O) groups is 3. The molecule has 2 aliphatic rings. The average molecular weight is 375 g/mol. The van der Waals surface area contributed by atoms with Crippen molar-refractivity contribution < 1.29 is 14.4 Å². The van der Waals surface area contributed by atoms with Crippen LogP contribution in [0.4, 0.5) is 0 Å².